The molecule has 8 heteroatoms. The molecule has 1 aromatic rings. The number of hydrogen-bond acceptors (Lipinski definition) is 4. The Balaban J connectivity index is 0.00000364. The van der Waals surface area contributed by atoms with Crippen LogP contribution in [0.4, 0.5) is 0 Å². The minimum absolute atomic E-state index is 0. The van der Waals surface area contributed by atoms with E-state index in [0.717, 1.165) is 49.3 Å². The Hall–Kier alpha value is -0.870. The second-order valence-electron chi connectivity index (χ2n) is 6.85. The Labute approximate surface area is 181 Å². The van der Waals surface area contributed by atoms with Crippen molar-refractivity contribution in [2.75, 3.05) is 32.4 Å². The zero-order chi connectivity index (χ0) is 19.2. The highest BCUT2D eigenvalue weighted by molar-refractivity contribution is 14.0. The Morgan fingerprint density at radius 2 is 1.96 bits per heavy atom. The average Bonchev–Trinajstić information content (AvgIpc) is 3.40. The zero-order valence-corrected chi connectivity index (χ0v) is 19.9. The number of aryl methyl sites for hydroxylation is 1. The number of nitrogens with zero attached hydrogens (tertiary/aromatic N) is 2. The number of sulfone groups is 1. The summed E-state index contributed by atoms with van der Waals surface area (Å²) in [6, 6.07) is 6.18. The number of aliphatic imine (C=N–C) groups is 1. The molecule has 0 aromatic heterocycles. The maximum atomic E-state index is 11.7. The minimum Gasteiger partial charge on any atom is -0.357 e. The van der Waals surface area contributed by atoms with E-state index in [1.165, 1.54) is 19.1 Å². The van der Waals surface area contributed by atoms with Crippen molar-refractivity contribution in [1.29, 1.82) is 0 Å². The quantitative estimate of drug-likeness (QED) is 0.305. The van der Waals surface area contributed by atoms with E-state index in [1.807, 2.05) is 26.0 Å². The van der Waals surface area contributed by atoms with Crippen LogP contribution in [0, 0.1) is 6.92 Å². The van der Waals surface area contributed by atoms with Crippen molar-refractivity contribution in [3.05, 3.63) is 29.3 Å². The minimum atomic E-state index is -3.18. The predicted molar refractivity (Wildman–Crippen MR) is 123 cm³/mol. The van der Waals surface area contributed by atoms with Crippen LogP contribution in [-0.4, -0.2) is 57.8 Å². The van der Waals surface area contributed by atoms with Gasteiger partial charge < -0.3 is 10.6 Å². The van der Waals surface area contributed by atoms with Gasteiger partial charge in [-0.3, -0.25) is 4.90 Å². The van der Waals surface area contributed by atoms with E-state index in [1.54, 1.807) is 6.07 Å². The molecule has 1 aliphatic rings. The molecule has 1 fully saturated rings. The van der Waals surface area contributed by atoms with Crippen LogP contribution in [-0.2, 0) is 16.4 Å². The molecule has 0 aliphatic heterocycles. The highest BCUT2D eigenvalue weighted by atomic mass is 127. The van der Waals surface area contributed by atoms with Crippen LogP contribution >= 0.6 is 24.0 Å². The third kappa shape index (κ3) is 7.95. The lowest BCUT2D eigenvalue weighted by Crippen LogP contribution is -2.42. The Kier molecular flexibility index (Phi) is 10.0. The first-order chi connectivity index (χ1) is 12.3. The summed E-state index contributed by atoms with van der Waals surface area (Å²) in [7, 11) is -3.18. The van der Waals surface area contributed by atoms with Gasteiger partial charge in [0.25, 0.3) is 0 Å². The summed E-state index contributed by atoms with van der Waals surface area (Å²) >= 11 is 0. The van der Waals surface area contributed by atoms with E-state index in [-0.39, 0.29) is 24.0 Å². The fourth-order valence-electron chi connectivity index (χ4n) is 3.09. The van der Waals surface area contributed by atoms with Crippen molar-refractivity contribution in [2.24, 2.45) is 4.99 Å². The molecule has 2 N–H and O–H groups in total. The number of guanidine groups is 1. The SMILES string of the molecule is CCNC(=NCc1ccc(S(C)(=O)=O)c(C)c1)NCCN(CC)C1CC1.I. The van der Waals surface area contributed by atoms with Crippen molar-refractivity contribution < 1.29 is 8.42 Å². The number of rotatable bonds is 9. The summed E-state index contributed by atoms with van der Waals surface area (Å²) in [5.74, 6) is 0.796. The Morgan fingerprint density at radius 1 is 1.26 bits per heavy atom. The van der Waals surface area contributed by atoms with Gasteiger partial charge in [0.2, 0.25) is 0 Å². The van der Waals surface area contributed by atoms with Crippen molar-refractivity contribution >= 4 is 39.8 Å². The summed E-state index contributed by atoms with van der Waals surface area (Å²) in [6.45, 7) is 10.4. The molecule has 1 saturated carbocycles. The largest absolute Gasteiger partial charge is 0.357 e. The first-order valence-corrected chi connectivity index (χ1v) is 11.3. The second-order valence-corrected chi connectivity index (χ2v) is 8.84. The summed E-state index contributed by atoms with van der Waals surface area (Å²) in [5.41, 5.74) is 1.77. The smallest absolute Gasteiger partial charge is 0.191 e. The number of nitrogens with one attached hydrogen (secondary N) is 2. The number of halogens is 1. The molecule has 0 radical (unpaired) electrons. The number of benzene rings is 1. The lowest BCUT2D eigenvalue weighted by molar-refractivity contribution is 0.282. The lowest BCUT2D eigenvalue weighted by Gasteiger charge is -2.20. The fourth-order valence-corrected chi connectivity index (χ4v) is 4.05. The van der Waals surface area contributed by atoms with E-state index in [4.69, 9.17) is 0 Å². The van der Waals surface area contributed by atoms with Crippen LogP contribution in [0.2, 0.25) is 0 Å². The third-order valence-corrected chi connectivity index (χ3v) is 5.82. The molecule has 0 amide bonds. The molecular weight excluding hydrogens is 475 g/mol. The van der Waals surface area contributed by atoms with Crippen LogP contribution in [0.5, 0.6) is 0 Å². The molecule has 1 aromatic carbocycles. The van der Waals surface area contributed by atoms with Crippen molar-refractivity contribution in [3.63, 3.8) is 0 Å². The first kappa shape index (κ1) is 24.2. The Morgan fingerprint density at radius 3 is 2.48 bits per heavy atom. The monoisotopic (exact) mass is 508 g/mol. The van der Waals surface area contributed by atoms with E-state index < -0.39 is 9.84 Å². The molecule has 6 nitrogen and oxygen atoms in total. The van der Waals surface area contributed by atoms with E-state index in [9.17, 15) is 8.42 Å². The van der Waals surface area contributed by atoms with Gasteiger partial charge in [0.15, 0.2) is 15.8 Å². The van der Waals surface area contributed by atoms with Crippen molar-refractivity contribution in [1.82, 2.24) is 15.5 Å². The number of likely N-dealkylation sites (N-methyl/N-ethyl adjacent to an activating group) is 1. The number of hydrogen-bond donors (Lipinski definition) is 2. The molecule has 0 bridgehead atoms. The van der Waals surface area contributed by atoms with Crippen LogP contribution in [0.15, 0.2) is 28.1 Å². The van der Waals surface area contributed by atoms with Gasteiger partial charge in [0.05, 0.1) is 11.4 Å². The third-order valence-electron chi connectivity index (χ3n) is 4.56. The molecule has 27 heavy (non-hydrogen) atoms. The molecule has 0 saturated heterocycles. The molecule has 2 rings (SSSR count). The predicted octanol–water partition coefficient (Wildman–Crippen LogP) is 2.56. The second kappa shape index (κ2) is 11.2. The molecule has 0 atom stereocenters. The molecular formula is C19H33IN4O2S. The first-order valence-electron chi connectivity index (χ1n) is 9.41. The molecule has 154 valence electrons. The summed E-state index contributed by atoms with van der Waals surface area (Å²) in [6.07, 6.45) is 3.89. The highest BCUT2D eigenvalue weighted by Gasteiger charge is 2.27. The average molecular weight is 508 g/mol. The maximum absolute atomic E-state index is 11.7. The van der Waals surface area contributed by atoms with Gasteiger partial charge in [0, 0.05) is 31.9 Å². The maximum Gasteiger partial charge on any atom is 0.191 e. The van der Waals surface area contributed by atoms with Gasteiger partial charge in [-0.2, -0.15) is 0 Å². The topological polar surface area (TPSA) is 73.8 Å². The molecule has 0 heterocycles. The van der Waals surface area contributed by atoms with Crippen LogP contribution in [0.3, 0.4) is 0 Å². The van der Waals surface area contributed by atoms with E-state index >= 15 is 0 Å². The molecule has 1 aliphatic carbocycles. The van der Waals surface area contributed by atoms with E-state index in [0.29, 0.717) is 11.4 Å². The van der Waals surface area contributed by atoms with Crippen LogP contribution in [0.1, 0.15) is 37.8 Å². The van der Waals surface area contributed by atoms with Gasteiger partial charge >= 0.3 is 0 Å². The van der Waals surface area contributed by atoms with Crippen LogP contribution in [0.25, 0.3) is 0 Å². The standard InChI is InChI=1S/C19H32N4O2S.HI/c1-5-20-19(21-11-12-23(6-2)17-8-9-17)22-14-16-7-10-18(15(3)13-16)26(4,24)25;/h7,10,13,17H,5-6,8-9,11-12,14H2,1-4H3,(H2,20,21,22);1H. The summed E-state index contributed by atoms with van der Waals surface area (Å²) in [4.78, 5) is 7.51. The Bertz CT molecular complexity index is 733. The molecule has 0 spiro atoms. The van der Waals surface area contributed by atoms with Gasteiger partial charge in [-0.1, -0.05) is 19.1 Å². The normalized spacial score (nSPS) is 14.8. The highest BCUT2D eigenvalue weighted by Crippen LogP contribution is 2.25. The van der Waals surface area contributed by atoms with E-state index in [2.05, 4.69) is 27.4 Å². The molecule has 0 unspecified atom stereocenters. The summed E-state index contributed by atoms with van der Waals surface area (Å²) < 4.78 is 23.4. The fraction of sp³-hybridized carbons (Fsp3) is 0.632. The van der Waals surface area contributed by atoms with Crippen molar-refractivity contribution in [2.45, 2.75) is 51.1 Å². The van der Waals surface area contributed by atoms with Crippen LogP contribution < -0.4 is 10.6 Å². The van der Waals surface area contributed by atoms with Gasteiger partial charge in [-0.25, -0.2) is 13.4 Å². The van der Waals surface area contributed by atoms with Gasteiger partial charge in [-0.05, 0) is 50.4 Å². The zero-order valence-electron chi connectivity index (χ0n) is 16.8. The van der Waals surface area contributed by atoms with Gasteiger partial charge in [0.1, 0.15) is 0 Å². The lowest BCUT2D eigenvalue weighted by atomic mass is 10.1. The van der Waals surface area contributed by atoms with Gasteiger partial charge in [-0.15, -0.1) is 24.0 Å². The summed E-state index contributed by atoms with van der Waals surface area (Å²) in [5, 5.41) is 6.65. The van der Waals surface area contributed by atoms with Crippen molar-refractivity contribution in [3.8, 4) is 0 Å².